The Kier molecular flexibility index (Phi) is 0.806. The van der Waals surface area contributed by atoms with Crippen molar-refractivity contribution in [1.82, 2.24) is 0 Å². The van der Waals surface area contributed by atoms with E-state index in [0.717, 1.165) is 5.92 Å². The monoisotopic (exact) mass is 106 g/mol. The minimum absolute atomic E-state index is 0.958. The highest BCUT2D eigenvalue weighted by molar-refractivity contribution is 5.37. The Hall–Kier alpha value is -0.520. The number of allylic oxidation sites excluding steroid dienone is 4. The molecular weight excluding hydrogens is 96.1 g/mol. The normalized spacial score (nSPS) is 26.2. The highest BCUT2D eigenvalue weighted by Crippen LogP contribution is 2.35. The molecule has 0 aromatic heterocycles. The van der Waals surface area contributed by atoms with Crippen LogP contribution in [0.5, 0.6) is 0 Å². The van der Waals surface area contributed by atoms with E-state index in [4.69, 9.17) is 0 Å². The molecule has 0 heterocycles. The van der Waals surface area contributed by atoms with Gasteiger partial charge in [-0.15, -0.1) is 0 Å². The van der Waals surface area contributed by atoms with Crippen molar-refractivity contribution in [2.75, 3.05) is 0 Å². The Labute approximate surface area is 49.9 Å². The lowest BCUT2D eigenvalue weighted by atomic mass is 9.77. The molecule has 0 nitrogen and oxygen atoms in total. The molecule has 0 N–H and O–H groups in total. The third kappa shape index (κ3) is 0.459. The zero-order valence-corrected chi connectivity index (χ0v) is 4.93. The minimum atomic E-state index is 0.958. The predicted octanol–water partition coefficient (Wildman–Crippen LogP) is 2.28. The summed E-state index contributed by atoms with van der Waals surface area (Å²) in [5.41, 5.74) is 1.59. The molecule has 2 aliphatic carbocycles. The molecule has 0 radical (unpaired) electrons. The van der Waals surface area contributed by atoms with Crippen molar-refractivity contribution < 1.29 is 0 Å². The first-order valence-electron chi connectivity index (χ1n) is 3.35. The number of hydrogen-bond donors (Lipinski definition) is 0. The van der Waals surface area contributed by atoms with Gasteiger partial charge in [0.05, 0.1) is 0 Å². The van der Waals surface area contributed by atoms with Gasteiger partial charge in [-0.1, -0.05) is 24.6 Å². The first-order valence-corrected chi connectivity index (χ1v) is 3.35. The van der Waals surface area contributed by atoms with Crippen LogP contribution in [0.1, 0.15) is 19.3 Å². The Morgan fingerprint density at radius 2 is 2.12 bits per heavy atom. The van der Waals surface area contributed by atoms with E-state index < -0.39 is 0 Å². The van der Waals surface area contributed by atoms with Crippen LogP contribution in [0, 0.1) is 5.92 Å². The second kappa shape index (κ2) is 1.48. The third-order valence-corrected chi connectivity index (χ3v) is 2.15. The van der Waals surface area contributed by atoms with E-state index in [1.807, 2.05) is 0 Å². The highest BCUT2D eigenvalue weighted by Gasteiger charge is 2.21. The van der Waals surface area contributed by atoms with E-state index in [0.29, 0.717) is 0 Å². The van der Waals surface area contributed by atoms with Crippen LogP contribution in [0.15, 0.2) is 23.8 Å². The van der Waals surface area contributed by atoms with Gasteiger partial charge in [-0.05, 0) is 24.3 Å². The minimum Gasteiger partial charge on any atom is -0.0617 e. The molecule has 0 saturated heterocycles. The number of rotatable bonds is 1. The molecule has 0 unspecified atom stereocenters. The molecular formula is C8H10. The van der Waals surface area contributed by atoms with Crippen molar-refractivity contribution in [3.8, 4) is 0 Å². The van der Waals surface area contributed by atoms with Crippen LogP contribution >= 0.6 is 0 Å². The van der Waals surface area contributed by atoms with Gasteiger partial charge in [-0.25, -0.2) is 0 Å². The fourth-order valence-electron chi connectivity index (χ4n) is 1.22. The first kappa shape index (κ1) is 4.37. The van der Waals surface area contributed by atoms with E-state index in [1.165, 1.54) is 19.3 Å². The maximum atomic E-state index is 2.24. The molecule has 0 aliphatic heterocycles. The second-order valence-electron chi connectivity index (χ2n) is 2.65. The molecule has 1 fully saturated rings. The quantitative estimate of drug-likeness (QED) is 0.481. The van der Waals surface area contributed by atoms with Gasteiger partial charge in [0.15, 0.2) is 0 Å². The van der Waals surface area contributed by atoms with E-state index in [-0.39, 0.29) is 0 Å². The fourth-order valence-corrected chi connectivity index (χ4v) is 1.22. The summed E-state index contributed by atoms with van der Waals surface area (Å²) >= 11 is 0. The standard InChI is InChI=1S/C8H10/c1-3-7(4-1)8-5-2-6-8/h1,3-4,8H,2,5-6H2. The molecule has 0 spiro atoms. The summed E-state index contributed by atoms with van der Waals surface area (Å²) < 4.78 is 0. The molecule has 1 saturated carbocycles. The van der Waals surface area contributed by atoms with E-state index in [1.54, 1.807) is 5.57 Å². The molecule has 2 rings (SSSR count). The summed E-state index contributed by atoms with van der Waals surface area (Å²) in [6.45, 7) is 0. The molecule has 0 amide bonds. The van der Waals surface area contributed by atoms with Gasteiger partial charge in [0.25, 0.3) is 0 Å². The zero-order chi connectivity index (χ0) is 5.40. The Bertz CT molecular complexity index is 147. The van der Waals surface area contributed by atoms with Crippen LogP contribution in [0.2, 0.25) is 0 Å². The average Bonchev–Trinajstić information content (AvgIpc) is 1.47. The Balaban J connectivity index is 1.97. The van der Waals surface area contributed by atoms with Crippen molar-refractivity contribution in [2.24, 2.45) is 5.92 Å². The second-order valence-corrected chi connectivity index (χ2v) is 2.65. The summed E-state index contributed by atoms with van der Waals surface area (Å²) in [6.07, 6.45) is 10.9. The van der Waals surface area contributed by atoms with Crippen molar-refractivity contribution >= 4 is 0 Å². The molecule has 0 heteroatoms. The fraction of sp³-hybridized carbons (Fsp3) is 0.500. The lowest BCUT2D eigenvalue weighted by Crippen LogP contribution is -2.14. The van der Waals surface area contributed by atoms with Gasteiger partial charge < -0.3 is 0 Å². The van der Waals surface area contributed by atoms with Gasteiger partial charge in [0.2, 0.25) is 0 Å². The lowest BCUT2D eigenvalue weighted by Gasteiger charge is -2.28. The van der Waals surface area contributed by atoms with Crippen molar-refractivity contribution in [3.63, 3.8) is 0 Å². The van der Waals surface area contributed by atoms with Crippen LogP contribution in [0.25, 0.3) is 0 Å². The Morgan fingerprint density at radius 1 is 1.38 bits per heavy atom. The maximum absolute atomic E-state index is 2.24. The average molecular weight is 106 g/mol. The summed E-state index contributed by atoms with van der Waals surface area (Å²) in [6, 6.07) is 0. The molecule has 42 valence electrons. The summed E-state index contributed by atoms with van der Waals surface area (Å²) in [7, 11) is 0. The zero-order valence-electron chi connectivity index (χ0n) is 4.93. The van der Waals surface area contributed by atoms with Crippen LogP contribution in [0.4, 0.5) is 0 Å². The summed E-state index contributed by atoms with van der Waals surface area (Å²) in [5, 5.41) is 0. The third-order valence-electron chi connectivity index (χ3n) is 2.15. The van der Waals surface area contributed by atoms with E-state index in [9.17, 15) is 0 Å². The van der Waals surface area contributed by atoms with E-state index >= 15 is 0 Å². The van der Waals surface area contributed by atoms with Gasteiger partial charge in [0.1, 0.15) is 0 Å². The van der Waals surface area contributed by atoms with E-state index in [2.05, 4.69) is 18.2 Å². The highest BCUT2D eigenvalue weighted by atomic mass is 14.3. The molecule has 0 atom stereocenters. The van der Waals surface area contributed by atoms with Crippen molar-refractivity contribution in [2.45, 2.75) is 19.3 Å². The summed E-state index contributed by atoms with van der Waals surface area (Å²) in [5.74, 6) is 0.958. The topological polar surface area (TPSA) is 0 Å². The largest absolute Gasteiger partial charge is 0.0617 e. The van der Waals surface area contributed by atoms with Crippen LogP contribution in [0.3, 0.4) is 0 Å². The van der Waals surface area contributed by atoms with Gasteiger partial charge in [-0.2, -0.15) is 0 Å². The maximum Gasteiger partial charge on any atom is -0.0162 e. The molecule has 0 aromatic carbocycles. The molecule has 8 heavy (non-hydrogen) atoms. The number of hydrogen-bond acceptors (Lipinski definition) is 0. The Morgan fingerprint density at radius 3 is 2.25 bits per heavy atom. The van der Waals surface area contributed by atoms with Crippen LogP contribution in [-0.2, 0) is 0 Å². The van der Waals surface area contributed by atoms with Gasteiger partial charge in [0, 0.05) is 0 Å². The van der Waals surface area contributed by atoms with Crippen LogP contribution < -0.4 is 0 Å². The smallest absolute Gasteiger partial charge is 0.0162 e. The lowest BCUT2D eigenvalue weighted by molar-refractivity contribution is 0.372. The van der Waals surface area contributed by atoms with Gasteiger partial charge >= 0.3 is 0 Å². The molecule has 0 bridgehead atoms. The van der Waals surface area contributed by atoms with Crippen molar-refractivity contribution in [1.29, 1.82) is 0 Å². The van der Waals surface area contributed by atoms with Gasteiger partial charge in [-0.3, -0.25) is 0 Å². The first-order chi connectivity index (χ1) is 3.97. The van der Waals surface area contributed by atoms with Crippen LogP contribution in [-0.4, -0.2) is 0 Å². The molecule has 2 aliphatic rings. The SMILES string of the molecule is C1=CC(C2CCC2)=C1. The van der Waals surface area contributed by atoms with Crippen molar-refractivity contribution in [3.05, 3.63) is 23.8 Å². The predicted molar refractivity (Wildman–Crippen MR) is 34.6 cm³/mol. The summed E-state index contributed by atoms with van der Waals surface area (Å²) in [4.78, 5) is 0. The molecule has 0 aromatic rings.